The number of rotatable bonds is 13. The second-order valence-corrected chi connectivity index (χ2v) is 5.56. The van der Waals surface area contributed by atoms with Crippen LogP contribution in [0.5, 0.6) is 0 Å². The van der Waals surface area contributed by atoms with E-state index < -0.39 is 0 Å². The Kier molecular flexibility index (Phi) is 10.2. The van der Waals surface area contributed by atoms with E-state index in [0.29, 0.717) is 6.54 Å². The molecule has 1 aromatic rings. The van der Waals surface area contributed by atoms with Crippen LogP contribution in [0, 0.1) is 0 Å². The lowest BCUT2D eigenvalue weighted by Crippen LogP contribution is -2.00. The van der Waals surface area contributed by atoms with Crippen LogP contribution in [0.15, 0.2) is 4.42 Å². The number of unbranched alkanes of at least 4 members (excludes halogenated alkanes) is 8. The highest BCUT2D eigenvalue weighted by Crippen LogP contribution is 2.11. The van der Waals surface area contributed by atoms with Gasteiger partial charge in [-0.15, -0.1) is 10.2 Å². The Labute approximate surface area is 123 Å². The monoisotopic (exact) mass is 281 g/mol. The van der Waals surface area contributed by atoms with Gasteiger partial charge >= 0.3 is 0 Å². The van der Waals surface area contributed by atoms with E-state index in [4.69, 9.17) is 10.2 Å². The van der Waals surface area contributed by atoms with Gasteiger partial charge in [0.2, 0.25) is 11.8 Å². The fourth-order valence-corrected chi connectivity index (χ4v) is 2.33. The SMILES string of the molecule is CCCCCCCCCCCc1nnc(CCCN)o1. The van der Waals surface area contributed by atoms with E-state index in [1.807, 2.05) is 0 Å². The molecule has 0 aliphatic carbocycles. The minimum atomic E-state index is 0.677. The van der Waals surface area contributed by atoms with Gasteiger partial charge in [0.25, 0.3) is 0 Å². The Hall–Kier alpha value is -0.900. The molecule has 0 radical (unpaired) electrons. The summed E-state index contributed by atoms with van der Waals surface area (Å²) in [5.41, 5.74) is 5.46. The van der Waals surface area contributed by atoms with Gasteiger partial charge < -0.3 is 10.2 Å². The van der Waals surface area contributed by atoms with Crippen LogP contribution in [0.25, 0.3) is 0 Å². The summed E-state index contributed by atoms with van der Waals surface area (Å²) in [4.78, 5) is 0. The molecular weight excluding hydrogens is 250 g/mol. The molecule has 0 bridgehead atoms. The van der Waals surface area contributed by atoms with E-state index in [1.54, 1.807) is 0 Å². The van der Waals surface area contributed by atoms with E-state index in [-0.39, 0.29) is 0 Å². The van der Waals surface area contributed by atoms with Gasteiger partial charge in [-0.1, -0.05) is 58.3 Å². The van der Waals surface area contributed by atoms with Gasteiger partial charge in [-0.25, -0.2) is 0 Å². The Morgan fingerprint density at radius 1 is 0.750 bits per heavy atom. The lowest BCUT2D eigenvalue weighted by atomic mass is 10.1. The van der Waals surface area contributed by atoms with Gasteiger partial charge in [0.05, 0.1) is 0 Å². The molecule has 0 saturated heterocycles. The molecule has 116 valence electrons. The zero-order valence-corrected chi connectivity index (χ0v) is 13.1. The lowest BCUT2D eigenvalue weighted by molar-refractivity contribution is 0.436. The molecule has 0 aliphatic heterocycles. The molecule has 1 aromatic heterocycles. The van der Waals surface area contributed by atoms with Crippen molar-refractivity contribution < 1.29 is 4.42 Å². The predicted molar refractivity (Wildman–Crippen MR) is 82.6 cm³/mol. The summed E-state index contributed by atoms with van der Waals surface area (Å²) in [5.74, 6) is 1.53. The molecular formula is C16H31N3O. The topological polar surface area (TPSA) is 64.9 Å². The van der Waals surface area contributed by atoms with Gasteiger partial charge in [0.15, 0.2) is 0 Å². The van der Waals surface area contributed by atoms with Crippen molar-refractivity contribution in [3.05, 3.63) is 11.8 Å². The van der Waals surface area contributed by atoms with Gasteiger partial charge in [0, 0.05) is 12.8 Å². The number of hydrogen-bond donors (Lipinski definition) is 1. The first-order valence-electron chi connectivity index (χ1n) is 8.38. The highest BCUT2D eigenvalue weighted by Gasteiger charge is 2.05. The normalized spacial score (nSPS) is 11.1. The van der Waals surface area contributed by atoms with Crippen LogP contribution in [-0.2, 0) is 12.8 Å². The van der Waals surface area contributed by atoms with Crippen molar-refractivity contribution in [2.45, 2.75) is 84.0 Å². The molecule has 1 heterocycles. The Balaban J connectivity index is 1.94. The van der Waals surface area contributed by atoms with Crippen LogP contribution < -0.4 is 5.73 Å². The first-order chi connectivity index (χ1) is 9.86. The maximum atomic E-state index is 5.58. The molecule has 2 N–H and O–H groups in total. The minimum Gasteiger partial charge on any atom is -0.425 e. The van der Waals surface area contributed by atoms with Crippen LogP contribution >= 0.6 is 0 Å². The number of aromatic nitrogens is 2. The lowest BCUT2D eigenvalue weighted by Gasteiger charge is -2.00. The van der Waals surface area contributed by atoms with Crippen molar-refractivity contribution in [2.24, 2.45) is 5.73 Å². The maximum Gasteiger partial charge on any atom is 0.216 e. The van der Waals surface area contributed by atoms with Crippen molar-refractivity contribution in [3.63, 3.8) is 0 Å². The Morgan fingerprint density at radius 2 is 1.25 bits per heavy atom. The number of nitrogens with zero attached hydrogens (tertiary/aromatic N) is 2. The smallest absolute Gasteiger partial charge is 0.216 e. The predicted octanol–water partition coefficient (Wildman–Crippen LogP) is 4.03. The second kappa shape index (κ2) is 11.9. The average molecular weight is 281 g/mol. The molecule has 4 nitrogen and oxygen atoms in total. The van der Waals surface area contributed by atoms with Crippen molar-refractivity contribution >= 4 is 0 Å². The van der Waals surface area contributed by atoms with Crippen molar-refractivity contribution in [1.29, 1.82) is 0 Å². The van der Waals surface area contributed by atoms with Gasteiger partial charge in [0.1, 0.15) is 0 Å². The van der Waals surface area contributed by atoms with Crippen LogP contribution in [0.3, 0.4) is 0 Å². The Morgan fingerprint density at radius 3 is 1.80 bits per heavy atom. The first kappa shape index (κ1) is 17.2. The molecule has 0 atom stereocenters. The summed E-state index contributed by atoms with van der Waals surface area (Å²) in [5, 5.41) is 8.12. The average Bonchev–Trinajstić information content (AvgIpc) is 2.91. The molecule has 0 aromatic carbocycles. The summed E-state index contributed by atoms with van der Waals surface area (Å²) in [6, 6.07) is 0. The van der Waals surface area contributed by atoms with Crippen LogP contribution in [-0.4, -0.2) is 16.7 Å². The third-order valence-corrected chi connectivity index (χ3v) is 3.60. The molecule has 0 fully saturated rings. The minimum absolute atomic E-state index is 0.677. The second-order valence-electron chi connectivity index (χ2n) is 5.56. The van der Waals surface area contributed by atoms with Gasteiger partial charge in [-0.3, -0.25) is 0 Å². The van der Waals surface area contributed by atoms with Crippen LogP contribution in [0.4, 0.5) is 0 Å². The van der Waals surface area contributed by atoms with Crippen LogP contribution in [0.1, 0.15) is 82.9 Å². The summed E-state index contributed by atoms with van der Waals surface area (Å²) in [6.45, 7) is 2.94. The van der Waals surface area contributed by atoms with E-state index in [0.717, 1.165) is 37.5 Å². The Bertz CT molecular complexity index is 325. The highest BCUT2D eigenvalue weighted by atomic mass is 16.4. The van der Waals surface area contributed by atoms with Crippen molar-refractivity contribution in [3.8, 4) is 0 Å². The van der Waals surface area contributed by atoms with Crippen molar-refractivity contribution in [1.82, 2.24) is 10.2 Å². The zero-order chi connectivity index (χ0) is 14.5. The third kappa shape index (κ3) is 8.31. The van der Waals surface area contributed by atoms with E-state index in [2.05, 4.69) is 17.1 Å². The largest absolute Gasteiger partial charge is 0.425 e. The third-order valence-electron chi connectivity index (χ3n) is 3.60. The summed E-state index contributed by atoms with van der Waals surface area (Å²) < 4.78 is 5.58. The van der Waals surface area contributed by atoms with Crippen molar-refractivity contribution in [2.75, 3.05) is 6.54 Å². The number of nitrogens with two attached hydrogens (primary N) is 1. The fraction of sp³-hybridized carbons (Fsp3) is 0.875. The zero-order valence-electron chi connectivity index (χ0n) is 13.1. The molecule has 4 heteroatoms. The molecule has 0 amide bonds. The van der Waals surface area contributed by atoms with E-state index in [9.17, 15) is 0 Å². The van der Waals surface area contributed by atoms with Gasteiger partial charge in [-0.2, -0.15) is 0 Å². The maximum absolute atomic E-state index is 5.58. The molecule has 0 saturated carbocycles. The molecule has 0 aliphatic rings. The van der Waals surface area contributed by atoms with Gasteiger partial charge in [-0.05, 0) is 19.4 Å². The summed E-state index contributed by atoms with van der Waals surface area (Å²) >= 11 is 0. The fourth-order valence-electron chi connectivity index (χ4n) is 2.33. The molecule has 0 spiro atoms. The summed E-state index contributed by atoms with van der Waals surface area (Å²) in [7, 11) is 0. The van der Waals surface area contributed by atoms with E-state index >= 15 is 0 Å². The number of aryl methyl sites for hydroxylation is 2. The standard InChI is InChI=1S/C16H31N3O/c1-2-3-4-5-6-7-8-9-10-12-15-18-19-16(20-15)13-11-14-17/h2-14,17H2,1H3. The summed E-state index contributed by atoms with van der Waals surface area (Å²) in [6.07, 6.45) is 14.7. The first-order valence-corrected chi connectivity index (χ1v) is 8.38. The van der Waals surface area contributed by atoms with E-state index in [1.165, 1.54) is 51.4 Å². The molecule has 20 heavy (non-hydrogen) atoms. The number of hydrogen-bond acceptors (Lipinski definition) is 4. The highest BCUT2D eigenvalue weighted by molar-refractivity contribution is 4.82. The quantitative estimate of drug-likeness (QED) is 0.554. The van der Waals surface area contributed by atoms with Crippen LogP contribution in [0.2, 0.25) is 0 Å². The molecule has 1 rings (SSSR count). The molecule has 0 unspecified atom stereocenters.